The number of rotatable bonds is 7. The minimum absolute atomic E-state index is 0.596. The molecule has 0 saturated heterocycles. The summed E-state index contributed by atoms with van der Waals surface area (Å²) in [6.45, 7) is 6.95. The highest BCUT2D eigenvalue weighted by Crippen LogP contribution is 2.36. The first-order chi connectivity index (χ1) is 8.05. The molecule has 1 rings (SSSR count). The number of hydrogen-bond acceptors (Lipinski definition) is 2. The summed E-state index contributed by atoms with van der Waals surface area (Å²) < 4.78 is 0. The van der Waals surface area contributed by atoms with Crippen LogP contribution in [-0.4, -0.2) is 31.1 Å². The predicted octanol–water partition coefficient (Wildman–Crippen LogP) is 3.41. The highest BCUT2D eigenvalue weighted by molar-refractivity contribution is 4.82. The van der Waals surface area contributed by atoms with Crippen molar-refractivity contribution >= 4 is 0 Å². The van der Waals surface area contributed by atoms with E-state index in [1.807, 2.05) is 0 Å². The monoisotopic (exact) mass is 240 g/mol. The van der Waals surface area contributed by atoms with Crippen LogP contribution in [0, 0.1) is 5.41 Å². The molecule has 0 aromatic carbocycles. The Labute approximate surface area is 108 Å². The summed E-state index contributed by atoms with van der Waals surface area (Å²) in [6.07, 6.45) is 10.8. The van der Waals surface area contributed by atoms with E-state index in [9.17, 15) is 0 Å². The quantitative estimate of drug-likeness (QED) is 0.691. The third-order valence-electron chi connectivity index (χ3n) is 4.40. The third kappa shape index (κ3) is 5.87. The fourth-order valence-corrected chi connectivity index (χ4v) is 2.87. The molecule has 2 heteroatoms. The molecule has 0 atom stereocenters. The Hall–Kier alpha value is -0.0800. The van der Waals surface area contributed by atoms with Crippen LogP contribution in [-0.2, 0) is 0 Å². The summed E-state index contributed by atoms with van der Waals surface area (Å²) >= 11 is 0. The maximum absolute atomic E-state index is 5.50. The standard InChI is InChI=1S/C15H32N2/c1-15(2)10-8-14(9-11-15)17(3)13-7-5-4-6-12-16/h14H,4-13,16H2,1-3H3. The van der Waals surface area contributed by atoms with E-state index >= 15 is 0 Å². The Bertz CT molecular complexity index is 191. The van der Waals surface area contributed by atoms with Gasteiger partial charge >= 0.3 is 0 Å². The molecule has 0 aromatic rings. The molecule has 0 aliphatic heterocycles. The Morgan fingerprint density at radius 1 is 1.06 bits per heavy atom. The smallest absolute Gasteiger partial charge is 0.00926 e. The van der Waals surface area contributed by atoms with Gasteiger partial charge in [0.2, 0.25) is 0 Å². The van der Waals surface area contributed by atoms with Gasteiger partial charge in [0.05, 0.1) is 0 Å². The first-order valence-electron chi connectivity index (χ1n) is 7.45. The van der Waals surface area contributed by atoms with Crippen LogP contribution in [0.25, 0.3) is 0 Å². The van der Waals surface area contributed by atoms with Crippen LogP contribution in [0.5, 0.6) is 0 Å². The average molecular weight is 240 g/mol. The Morgan fingerprint density at radius 2 is 1.65 bits per heavy atom. The molecule has 0 bridgehead atoms. The SMILES string of the molecule is CN(CCCCCCN)C1CCC(C)(C)CC1. The van der Waals surface area contributed by atoms with Crippen molar-refractivity contribution in [3.05, 3.63) is 0 Å². The molecule has 2 nitrogen and oxygen atoms in total. The maximum atomic E-state index is 5.50. The van der Waals surface area contributed by atoms with E-state index in [1.165, 1.54) is 57.9 Å². The van der Waals surface area contributed by atoms with E-state index in [-0.39, 0.29) is 0 Å². The van der Waals surface area contributed by atoms with Crippen LogP contribution < -0.4 is 5.73 Å². The highest BCUT2D eigenvalue weighted by atomic mass is 15.1. The summed E-state index contributed by atoms with van der Waals surface area (Å²) in [5.74, 6) is 0. The fraction of sp³-hybridized carbons (Fsp3) is 1.00. The van der Waals surface area contributed by atoms with Crippen molar-refractivity contribution in [2.75, 3.05) is 20.1 Å². The number of hydrogen-bond donors (Lipinski definition) is 1. The normalized spacial score (nSPS) is 21.0. The zero-order valence-electron chi connectivity index (χ0n) is 12.2. The van der Waals surface area contributed by atoms with Crippen molar-refractivity contribution < 1.29 is 0 Å². The largest absolute Gasteiger partial charge is 0.330 e. The van der Waals surface area contributed by atoms with Crippen molar-refractivity contribution in [2.45, 2.75) is 71.3 Å². The molecule has 1 fully saturated rings. The summed E-state index contributed by atoms with van der Waals surface area (Å²) in [6, 6.07) is 0.845. The molecule has 1 saturated carbocycles. The second kappa shape index (κ2) is 7.38. The second-order valence-electron chi connectivity index (χ2n) is 6.58. The summed E-state index contributed by atoms with van der Waals surface area (Å²) in [4.78, 5) is 2.59. The van der Waals surface area contributed by atoms with Crippen LogP contribution in [0.2, 0.25) is 0 Å². The number of nitrogens with two attached hydrogens (primary N) is 1. The van der Waals surface area contributed by atoms with Gasteiger partial charge in [-0.05, 0) is 64.1 Å². The zero-order valence-corrected chi connectivity index (χ0v) is 12.2. The molecule has 0 radical (unpaired) electrons. The second-order valence-corrected chi connectivity index (χ2v) is 6.58. The molecule has 0 heterocycles. The molecule has 102 valence electrons. The van der Waals surface area contributed by atoms with E-state index in [2.05, 4.69) is 25.8 Å². The topological polar surface area (TPSA) is 29.3 Å². The lowest BCUT2D eigenvalue weighted by Crippen LogP contribution is -2.37. The van der Waals surface area contributed by atoms with Crippen molar-refractivity contribution in [1.29, 1.82) is 0 Å². The molecule has 2 N–H and O–H groups in total. The molecule has 1 aliphatic rings. The van der Waals surface area contributed by atoms with Gasteiger partial charge in [-0.3, -0.25) is 0 Å². The van der Waals surface area contributed by atoms with Gasteiger partial charge in [0.25, 0.3) is 0 Å². The molecule has 17 heavy (non-hydrogen) atoms. The van der Waals surface area contributed by atoms with Crippen molar-refractivity contribution in [3.8, 4) is 0 Å². The van der Waals surface area contributed by atoms with E-state index in [0.29, 0.717) is 5.41 Å². The maximum Gasteiger partial charge on any atom is 0.00926 e. The van der Waals surface area contributed by atoms with Crippen LogP contribution in [0.4, 0.5) is 0 Å². The predicted molar refractivity (Wildman–Crippen MR) is 76.2 cm³/mol. The average Bonchev–Trinajstić information content (AvgIpc) is 2.28. The molecule has 0 unspecified atom stereocenters. The molecule has 0 aromatic heterocycles. The number of unbranched alkanes of at least 4 members (excludes halogenated alkanes) is 3. The van der Waals surface area contributed by atoms with Gasteiger partial charge in [0.1, 0.15) is 0 Å². The summed E-state index contributed by atoms with van der Waals surface area (Å²) in [5.41, 5.74) is 6.10. The minimum Gasteiger partial charge on any atom is -0.330 e. The molecule has 0 spiro atoms. The molecular weight excluding hydrogens is 208 g/mol. The molecule has 1 aliphatic carbocycles. The first kappa shape index (κ1) is 15.0. The lowest BCUT2D eigenvalue weighted by Gasteiger charge is -2.38. The van der Waals surface area contributed by atoms with E-state index in [0.717, 1.165) is 12.6 Å². The van der Waals surface area contributed by atoms with Crippen LogP contribution in [0.15, 0.2) is 0 Å². The van der Waals surface area contributed by atoms with E-state index < -0.39 is 0 Å². The first-order valence-corrected chi connectivity index (χ1v) is 7.45. The lowest BCUT2D eigenvalue weighted by atomic mass is 9.75. The van der Waals surface area contributed by atoms with Gasteiger partial charge in [-0.2, -0.15) is 0 Å². The van der Waals surface area contributed by atoms with Gasteiger partial charge in [-0.1, -0.05) is 26.7 Å². The van der Waals surface area contributed by atoms with Crippen LogP contribution >= 0.6 is 0 Å². The van der Waals surface area contributed by atoms with Crippen molar-refractivity contribution in [3.63, 3.8) is 0 Å². The Kier molecular flexibility index (Phi) is 6.50. The van der Waals surface area contributed by atoms with Gasteiger partial charge in [0.15, 0.2) is 0 Å². The zero-order chi connectivity index (χ0) is 12.7. The Morgan fingerprint density at radius 3 is 2.24 bits per heavy atom. The van der Waals surface area contributed by atoms with Gasteiger partial charge in [-0.15, -0.1) is 0 Å². The summed E-state index contributed by atoms with van der Waals surface area (Å²) in [7, 11) is 2.31. The lowest BCUT2D eigenvalue weighted by molar-refractivity contribution is 0.126. The fourth-order valence-electron chi connectivity index (χ4n) is 2.87. The molecular formula is C15H32N2. The highest BCUT2D eigenvalue weighted by Gasteiger charge is 2.28. The van der Waals surface area contributed by atoms with Gasteiger partial charge in [-0.25, -0.2) is 0 Å². The molecule has 0 amide bonds. The van der Waals surface area contributed by atoms with Gasteiger partial charge in [0, 0.05) is 6.04 Å². The van der Waals surface area contributed by atoms with E-state index in [4.69, 9.17) is 5.73 Å². The minimum atomic E-state index is 0.596. The summed E-state index contributed by atoms with van der Waals surface area (Å²) in [5, 5.41) is 0. The van der Waals surface area contributed by atoms with Gasteiger partial charge < -0.3 is 10.6 Å². The number of nitrogens with zero attached hydrogens (tertiary/aromatic N) is 1. The third-order valence-corrected chi connectivity index (χ3v) is 4.40. The van der Waals surface area contributed by atoms with E-state index in [1.54, 1.807) is 0 Å². The van der Waals surface area contributed by atoms with Crippen molar-refractivity contribution in [1.82, 2.24) is 4.90 Å². The Balaban J connectivity index is 2.10. The van der Waals surface area contributed by atoms with Crippen LogP contribution in [0.1, 0.15) is 65.2 Å². The van der Waals surface area contributed by atoms with Crippen molar-refractivity contribution in [2.24, 2.45) is 11.1 Å². The van der Waals surface area contributed by atoms with Crippen LogP contribution in [0.3, 0.4) is 0 Å².